The molecular formula is C16H19NS. The first kappa shape index (κ1) is 11.9. The van der Waals surface area contributed by atoms with E-state index in [1.165, 1.54) is 29.0 Å². The van der Waals surface area contributed by atoms with E-state index < -0.39 is 0 Å². The third-order valence-electron chi connectivity index (χ3n) is 3.74. The lowest BCUT2D eigenvalue weighted by atomic mass is 10.1. The molecule has 1 fully saturated rings. The fourth-order valence-electron chi connectivity index (χ4n) is 2.32. The maximum atomic E-state index is 3.57. The number of nitrogens with one attached hydrogen (secondary N) is 1. The lowest BCUT2D eigenvalue weighted by Crippen LogP contribution is -2.15. The fourth-order valence-corrected chi connectivity index (χ4v) is 3.18. The lowest BCUT2D eigenvalue weighted by Gasteiger charge is -2.01. The Labute approximate surface area is 113 Å². The van der Waals surface area contributed by atoms with Crippen molar-refractivity contribution in [1.82, 2.24) is 5.32 Å². The zero-order valence-electron chi connectivity index (χ0n) is 10.7. The maximum Gasteiger partial charge on any atom is 0.0300 e. The first-order chi connectivity index (χ1) is 8.83. The Bertz CT molecular complexity index is 503. The summed E-state index contributed by atoms with van der Waals surface area (Å²) >= 11 is 1.85. The minimum Gasteiger partial charge on any atom is -0.312 e. The second-order valence-corrected chi connectivity index (χ2v) is 6.27. The van der Waals surface area contributed by atoms with Crippen LogP contribution in [0.15, 0.2) is 41.8 Å². The van der Waals surface area contributed by atoms with Gasteiger partial charge in [-0.2, -0.15) is 0 Å². The average molecular weight is 257 g/mol. The van der Waals surface area contributed by atoms with Crippen molar-refractivity contribution < 1.29 is 0 Å². The number of thiophene rings is 1. The van der Waals surface area contributed by atoms with Crippen LogP contribution in [0.4, 0.5) is 0 Å². The molecule has 1 saturated carbocycles. The molecule has 1 heterocycles. The highest BCUT2D eigenvalue weighted by atomic mass is 32.1. The smallest absolute Gasteiger partial charge is 0.0300 e. The summed E-state index contributed by atoms with van der Waals surface area (Å²) in [5.74, 6) is 1.87. The molecule has 2 heteroatoms. The van der Waals surface area contributed by atoms with Gasteiger partial charge in [0, 0.05) is 11.4 Å². The second kappa shape index (κ2) is 5.25. The summed E-state index contributed by atoms with van der Waals surface area (Å²) in [5.41, 5.74) is 2.66. The summed E-state index contributed by atoms with van der Waals surface area (Å²) in [7, 11) is 0. The highest BCUT2D eigenvalue weighted by Crippen LogP contribution is 2.36. The van der Waals surface area contributed by atoms with Crippen LogP contribution in [-0.2, 0) is 6.54 Å². The maximum absolute atomic E-state index is 3.57. The quantitative estimate of drug-likeness (QED) is 0.848. The molecule has 1 aromatic carbocycles. The van der Waals surface area contributed by atoms with Crippen molar-refractivity contribution in [3.63, 3.8) is 0 Å². The van der Waals surface area contributed by atoms with Crippen molar-refractivity contribution >= 4 is 11.3 Å². The van der Waals surface area contributed by atoms with Crippen LogP contribution in [0.3, 0.4) is 0 Å². The molecular weight excluding hydrogens is 238 g/mol. The van der Waals surface area contributed by atoms with E-state index in [0.29, 0.717) is 0 Å². The molecule has 1 aliphatic rings. The van der Waals surface area contributed by atoms with Crippen LogP contribution >= 0.6 is 11.3 Å². The van der Waals surface area contributed by atoms with Crippen LogP contribution in [0.2, 0.25) is 0 Å². The summed E-state index contributed by atoms with van der Waals surface area (Å²) < 4.78 is 0. The first-order valence-electron chi connectivity index (χ1n) is 6.66. The molecule has 1 aromatic heterocycles. The van der Waals surface area contributed by atoms with E-state index in [-0.39, 0.29) is 0 Å². The zero-order valence-corrected chi connectivity index (χ0v) is 11.5. The van der Waals surface area contributed by atoms with Crippen molar-refractivity contribution in [1.29, 1.82) is 0 Å². The molecule has 0 spiro atoms. The van der Waals surface area contributed by atoms with E-state index in [4.69, 9.17) is 0 Å². The van der Waals surface area contributed by atoms with Gasteiger partial charge in [-0.25, -0.2) is 0 Å². The van der Waals surface area contributed by atoms with E-state index in [1.807, 2.05) is 11.3 Å². The minimum absolute atomic E-state index is 0.929. The van der Waals surface area contributed by atoms with Crippen LogP contribution in [0, 0.1) is 11.8 Å². The van der Waals surface area contributed by atoms with Gasteiger partial charge in [0.1, 0.15) is 0 Å². The first-order valence-corrected chi connectivity index (χ1v) is 7.54. The van der Waals surface area contributed by atoms with E-state index in [1.54, 1.807) is 0 Å². The van der Waals surface area contributed by atoms with Gasteiger partial charge in [0.2, 0.25) is 0 Å². The number of hydrogen-bond donors (Lipinski definition) is 1. The molecule has 94 valence electrons. The molecule has 1 N–H and O–H groups in total. The topological polar surface area (TPSA) is 12.0 Å². The third kappa shape index (κ3) is 2.82. The number of benzene rings is 1. The van der Waals surface area contributed by atoms with Crippen molar-refractivity contribution in [2.24, 2.45) is 11.8 Å². The van der Waals surface area contributed by atoms with Crippen molar-refractivity contribution in [2.45, 2.75) is 19.9 Å². The van der Waals surface area contributed by atoms with Gasteiger partial charge < -0.3 is 5.32 Å². The van der Waals surface area contributed by atoms with Gasteiger partial charge >= 0.3 is 0 Å². The van der Waals surface area contributed by atoms with E-state index in [0.717, 1.165) is 18.4 Å². The molecule has 1 aliphatic carbocycles. The number of rotatable bonds is 5. The van der Waals surface area contributed by atoms with E-state index >= 15 is 0 Å². The molecule has 0 saturated heterocycles. The minimum atomic E-state index is 0.929. The Kier molecular flexibility index (Phi) is 3.48. The highest BCUT2D eigenvalue weighted by Gasteiger charge is 2.31. The number of hydrogen-bond acceptors (Lipinski definition) is 2. The summed E-state index contributed by atoms with van der Waals surface area (Å²) in [4.78, 5) is 1.43. The molecule has 2 atom stereocenters. The molecule has 0 bridgehead atoms. The van der Waals surface area contributed by atoms with Crippen molar-refractivity contribution in [3.05, 3.63) is 46.7 Å². The second-order valence-electron chi connectivity index (χ2n) is 5.27. The standard InChI is InChI=1S/C16H19NS/c1-12-7-14(12)9-17-10-16-8-15(11-18-16)13-5-3-2-4-6-13/h2-6,8,11-12,14,17H,7,9-10H2,1H3. The molecule has 0 aliphatic heterocycles. The molecule has 1 nitrogen and oxygen atoms in total. The van der Waals surface area contributed by atoms with Gasteiger partial charge in [0.25, 0.3) is 0 Å². The normalized spacial score (nSPS) is 22.1. The predicted octanol–water partition coefficient (Wildman–Crippen LogP) is 4.16. The lowest BCUT2D eigenvalue weighted by molar-refractivity contribution is 0.616. The average Bonchev–Trinajstić information content (AvgIpc) is 2.92. The van der Waals surface area contributed by atoms with Gasteiger partial charge in [-0.15, -0.1) is 11.3 Å². The fraction of sp³-hybridized carbons (Fsp3) is 0.375. The monoisotopic (exact) mass is 257 g/mol. The van der Waals surface area contributed by atoms with Gasteiger partial charge in [0.05, 0.1) is 0 Å². The summed E-state index contributed by atoms with van der Waals surface area (Å²) in [5, 5.41) is 5.83. The van der Waals surface area contributed by atoms with Crippen LogP contribution in [0.5, 0.6) is 0 Å². The Balaban J connectivity index is 1.56. The summed E-state index contributed by atoms with van der Waals surface area (Å²) in [6, 6.07) is 12.9. The zero-order chi connectivity index (χ0) is 12.4. The summed E-state index contributed by atoms with van der Waals surface area (Å²) in [6.07, 6.45) is 1.41. The van der Waals surface area contributed by atoms with Gasteiger partial charge in [-0.05, 0) is 47.4 Å². The van der Waals surface area contributed by atoms with E-state index in [9.17, 15) is 0 Å². The Morgan fingerprint density at radius 2 is 2.00 bits per heavy atom. The molecule has 0 amide bonds. The molecule has 2 unspecified atom stereocenters. The Hall–Kier alpha value is -1.12. The Morgan fingerprint density at radius 3 is 2.72 bits per heavy atom. The van der Waals surface area contributed by atoms with Gasteiger partial charge in [-0.3, -0.25) is 0 Å². The molecule has 0 radical (unpaired) electrons. The van der Waals surface area contributed by atoms with Crippen LogP contribution in [-0.4, -0.2) is 6.54 Å². The molecule has 18 heavy (non-hydrogen) atoms. The van der Waals surface area contributed by atoms with Crippen molar-refractivity contribution in [3.8, 4) is 11.1 Å². The molecule has 3 rings (SSSR count). The largest absolute Gasteiger partial charge is 0.312 e. The van der Waals surface area contributed by atoms with Crippen LogP contribution < -0.4 is 5.32 Å². The third-order valence-corrected chi connectivity index (χ3v) is 4.68. The van der Waals surface area contributed by atoms with Gasteiger partial charge in [0.15, 0.2) is 0 Å². The highest BCUT2D eigenvalue weighted by molar-refractivity contribution is 7.10. The SMILES string of the molecule is CC1CC1CNCc1cc(-c2ccccc2)cs1. The Morgan fingerprint density at radius 1 is 1.22 bits per heavy atom. The van der Waals surface area contributed by atoms with E-state index in [2.05, 4.69) is 54.0 Å². The van der Waals surface area contributed by atoms with Crippen molar-refractivity contribution in [2.75, 3.05) is 6.54 Å². The van der Waals surface area contributed by atoms with Crippen LogP contribution in [0.25, 0.3) is 11.1 Å². The van der Waals surface area contributed by atoms with Crippen LogP contribution in [0.1, 0.15) is 18.2 Å². The van der Waals surface area contributed by atoms with Gasteiger partial charge in [-0.1, -0.05) is 37.3 Å². The molecule has 2 aromatic rings. The summed E-state index contributed by atoms with van der Waals surface area (Å²) in [6.45, 7) is 4.53. The predicted molar refractivity (Wildman–Crippen MR) is 78.7 cm³/mol.